The zero-order valence-corrected chi connectivity index (χ0v) is 16.7. The van der Waals surface area contributed by atoms with Gasteiger partial charge in [-0.2, -0.15) is 8.42 Å². The molecular formula is C19H21N3O3S2. The number of amidine groups is 1. The number of rotatable bonds is 3. The van der Waals surface area contributed by atoms with Crippen LogP contribution in [0.25, 0.3) is 0 Å². The van der Waals surface area contributed by atoms with Gasteiger partial charge < -0.3 is 9.80 Å². The first kappa shape index (κ1) is 18.2. The molecule has 2 aliphatic rings. The second-order valence-electron chi connectivity index (χ2n) is 6.94. The van der Waals surface area contributed by atoms with Crippen LogP contribution in [0.4, 0.5) is 0 Å². The zero-order valence-electron chi connectivity index (χ0n) is 15.0. The highest BCUT2D eigenvalue weighted by Crippen LogP contribution is 2.30. The van der Waals surface area contributed by atoms with Crippen molar-refractivity contribution in [2.45, 2.75) is 24.3 Å². The summed E-state index contributed by atoms with van der Waals surface area (Å²) in [6, 6.07) is 10.9. The van der Waals surface area contributed by atoms with Gasteiger partial charge in [0.25, 0.3) is 10.0 Å². The fourth-order valence-corrected chi connectivity index (χ4v) is 5.70. The van der Waals surface area contributed by atoms with Gasteiger partial charge in [-0.3, -0.25) is 4.79 Å². The maximum Gasteiger partial charge on any atom is 0.285 e. The number of hydrogen-bond donors (Lipinski definition) is 0. The van der Waals surface area contributed by atoms with Crippen LogP contribution in [-0.2, 0) is 21.4 Å². The lowest BCUT2D eigenvalue weighted by Gasteiger charge is -2.35. The topological polar surface area (TPSA) is 70.1 Å². The molecule has 1 unspecified atom stereocenters. The largest absolute Gasteiger partial charge is 0.355 e. The predicted molar refractivity (Wildman–Crippen MR) is 105 cm³/mol. The van der Waals surface area contributed by atoms with Gasteiger partial charge in [0.1, 0.15) is 4.90 Å². The van der Waals surface area contributed by atoms with Crippen LogP contribution >= 0.6 is 11.3 Å². The van der Waals surface area contributed by atoms with E-state index in [0.717, 1.165) is 17.7 Å². The van der Waals surface area contributed by atoms with E-state index >= 15 is 0 Å². The normalized spacial score (nSPS) is 20.9. The molecule has 1 fully saturated rings. The molecule has 8 heteroatoms. The van der Waals surface area contributed by atoms with Gasteiger partial charge in [0.15, 0.2) is 5.84 Å². The van der Waals surface area contributed by atoms with Crippen LogP contribution in [0, 0.1) is 5.92 Å². The van der Waals surface area contributed by atoms with Gasteiger partial charge in [0.2, 0.25) is 5.91 Å². The van der Waals surface area contributed by atoms with Crippen LogP contribution in [0.1, 0.15) is 23.3 Å². The van der Waals surface area contributed by atoms with E-state index in [9.17, 15) is 13.2 Å². The maximum absolute atomic E-state index is 12.9. The van der Waals surface area contributed by atoms with Crippen molar-refractivity contribution in [1.29, 1.82) is 0 Å². The summed E-state index contributed by atoms with van der Waals surface area (Å²) in [5.41, 5.74) is 0.637. The van der Waals surface area contributed by atoms with Crippen LogP contribution in [0.3, 0.4) is 0 Å². The lowest BCUT2D eigenvalue weighted by Crippen LogP contribution is -2.45. The number of fused-ring (bicyclic) bond motifs is 1. The summed E-state index contributed by atoms with van der Waals surface area (Å²) >= 11 is 1.64. The molecule has 0 spiro atoms. The predicted octanol–water partition coefficient (Wildman–Crippen LogP) is 2.57. The zero-order chi connectivity index (χ0) is 19.0. The third kappa shape index (κ3) is 3.51. The van der Waals surface area contributed by atoms with Crippen molar-refractivity contribution >= 4 is 33.1 Å². The first-order chi connectivity index (χ1) is 13.0. The van der Waals surface area contributed by atoms with E-state index in [2.05, 4.69) is 4.40 Å². The third-order valence-electron chi connectivity index (χ3n) is 5.03. The molecule has 2 aromatic rings. The van der Waals surface area contributed by atoms with Crippen molar-refractivity contribution in [3.05, 3.63) is 52.2 Å². The number of nitrogens with zero attached hydrogens (tertiary/aromatic N) is 3. The van der Waals surface area contributed by atoms with Crippen LogP contribution in [0.5, 0.6) is 0 Å². The Morgan fingerprint density at radius 2 is 2.11 bits per heavy atom. The number of carbonyl (C=O) groups excluding carboxylic acids is 1. The van der Waals surface area contributed by atoms with Crippen molar-refractivity contribution in [2.75, 3.05) is 20.1 Å². The molecule has 0 N–H and O–H groups in total. The van der Waals surface area contributed by atoms with Crippen molar-refractivity contribution in [3.8, 4) is 0 Å². The van der Waals surface area contributed by atoms with Gasteiger partial charge in [-0.1, -0.05) is 18.2 Å². The summed E-state index contributed by atoms with van der Waals surface area (Å²) in [6.45, 7) is 1.81. The number of carbonyl (C=O) groups is 1. The molecule has 0 bridgehead atoms. The molecule has 6 nitrogen and oxygen atoms in total. The van der Waals surface area contributed by atoms with Gasteiger partial charge in [0, 0.05) is 30.6 Å². The van der Waals surface area contributed by atoms with E-state index < -0.39 is 10.0 Å². The average molecular weight is 404 g/mol. The second-order valence-corrected chi connectivity index (χ2v) is 9.55. The summed E-state index contributed by atoms with van der Waals surface area (Å²) < 4.78 is 28.6. The second kappa shape index (κ2) is 7.09. The molecule has 1 atom stereocenters. The smallest absolute Gasteiger partial charge is 0.285 e. The summed E-state index contributed by atoms with van der Waals surface area (Å²) in [4.78, 5) is 18.0. The molecule has 3 heterocycles. The summed E-state index contributed by atoms with van der Waals surface area (Å²) in [5.74, 6) is 0.425. The lowest BCUT2D eigenvalue weighted by atomic mass is 9.96. The molecule has 142 valence electrons. The van der Waals surface area contributed by atoms with Crippen molar-refractivity contribution in [2.24, 2.45) is 10.3 Å². The number of thiophene rings is 1. The van der Waals surface area contributed by atoms with E-state index in [4.69, 9.17) is 0 Å². The monoisotopic (exact) mass is 403 g/mol. The van der Waals surface area contributed by atoms with E-state index in [0.29, 0.717) is 31.0 Å². The van der Waals surface area contributed by atoms with Crippen molar-refractivity contribution in [3.63, 3.8) is 0 Å². The number of likely N-dealkylation sites (tertiary alicyclic amines) is 1. The summed E-state index contributed by atoms with van der Waals surface area (Å²) in [7, 11) is -1.81. The SMILES string of the molecule is CN(Cc1cccs1)C(=O)C1CCCN(C2=NS(=O)(=O)c3ccccc32)C1. The molecule has 0 radical (unpaired) electrons. The summed E-state index contributed by atoms with van der Waals surface area (Å²) in [5, 5.41) is 2.01. The lowest BCUT2D eigenvalue weighted by molar-refractivity contribution is -0.136. The quantitative estimate of drug-likeness (QED) is 0.790. The first-order valence-electron chi connectivity index (χ1n) is 8.92. The minimum absolute atomic E-state index is 0.0999. The highest BCUT2D eigenvalue weighted by molar-refractivity contribution is 7.90. The molecule has 1 amide bonds. The number of benzene rings is 1. The Hall–Kier alpha value is -2.19. The van der Waals surface area contributed by atoms with Crippen LogP contribution in [0.2, 0.25) is 0 Å². The highest BCUT2D eigenvalue weighted by Gasteiger charge is 2.35. The molecule has 0 aliphatic carbocycles. The van der Waals surface area contributed by atoms with Crippen LogP contribution in [0.15, 0.2) is 51.1 Å². The van der Waals surface area contributed by atoms with Crippen molar-refractivity contribution < 1.29 is 13.2 Å². The minimum Gasteiger partial charge on any atom is -0.355 e. The first-order valence-corrected chi connectivity index (χ1v) is 11.2. The number of amides is 1. The van der Waals surface area contributed by atoms with Gasteiger partial charge in [-0.05, 0) is 36.4 Å². The Balaban J connectivity index is 1.51. The third-order valence-corrected chi connectivity index (χ3v) is 7.22. The molecule has 4 rings (SSSR count). The van der Waals surface area contributed by atoms with Gasteiger partial charge in [-0.15, -0.1) is 15.7 Å². The van der Waals surface area contributed by atoms with E-state index in [1.807, 2.05) is 35.5 Å². The van der Waals surface area contributed by atoms with E-state index in [1.165, 1.54) is 0 Å². The number of piperidine rings is 1. The Morgan fingerprint density at radius 3 is 2.89 bits per heavy atom. The van der Waals surface area contributed by atoms with E-state index in [-0.39, 0.29) is 16.7 Å². The molecule has 1 aromatic heterocycles. The number of hydrogen-bond acceptors (Lipinski definition) is 5. The highest BCUT2D eigenvalue weighted by atomic mass is 32.2. The Kier molecular flexibility index (Phi) is 4.77. The fourth-order valence-electron chi connectivity index (χ4n) is 3.71. The molecule has 27 heavy (non-hydrogen) atoms. The molecule has 2 aliphatic heterocycles. The Bertz CT molecular complexity index is 983. The van der Waals surface area contributed by atoms with E-state index in [1.54, 1.807) is 34.4 Å². The molecular weight excluding hydrogens is 382 g/mol. The minimum atomic E-state index is -3.64. The Labute approximate surface area is 163 Å². The van der Waals surface area contributed by atoms with Crippen LogP contribution in [-0.4, -0.2) is 50.1 Å². The Morgan fingerprint density at radius 1 is 1.30 bits per heavy atom. The van der Waals surface area contributed by atoms with Gasteiger partial charge >= 0.3 is 0 Å². The average Bonchev–Trinajstić information content (AvgIpc) is 3.27. The number of sulfonamides is 1. The molecule has 1 saturated heterocycles. The molecule has 0 saturated carbocycles. The van der Waals surface area contributed by atoms with Crippen molar-refractivity contribution in [1.82, 2.24) is 9.80 Å². The molecule has 1 aromatic carbocycles. The summed E-state index contributed by atoms with van der Waals surface area (Å²) in [6.07, 6.45) is 1.65. The standard InChI is InChI=1S/C19H21N3O3S2/c1-21(13-15-7-5-11-26-15)19(23)14-6-4-10-22(12-14)18-16-8-2-3-9-17(16)27(24,25)20-18/h2-3,5,7-9,11,14H,4,6,10,12-13H2,1H3. The van der Waals surface area contributed by atoms with Crippen LogP contribution < -0.4 is 0 Å². The van der Waals surface area contributed by atoms with Gasteiger partial charge in [-0.25, -0.2) is 0 Å². The maximum atomic E-state index is 12.9. The fraction of sp³-hybridized carbons (Fsp3) is 0.368. The van der Waals surface area contributed by atoms with Gasteiger partial charge in [0.05, 0.1) is 12.5 Å².